The molecule has 0 radical (unpaired) electrons. The van der Waals surface area contributed by atoms with E-state index in [4.69, 9.17) is 0 Å². The Morgan fingerprint density at radius 3 is 2.32 bits per heavy atom. The number of alkyl halides is 3. The van der Waals surface area contributed by atoms with Gasteiger partial charge in [0.15, 0.2) is 0 Å². The molecule has 0 fully saturated rings. The average Bonchev–Trinajstić information content (AvgIpc) is 2.38. The summed E-state index contributed by atoms with van der Waals surface area (Å²) in [5.74, 6) is -0.680. The summed E-state index contributed by atoms with van der Waals surface area (Å²) in [6.45, 7) is 3.62. The molecule has 9 heteroatoms. The van der Waals surface area contributed by atoms with Crippen LogP contribution in [0.2, 0.25) is 0 Å². The maximum absolute atomic E-state index is 12.0. The van der Waals surface area contributed by atoms with E-state index in [9.17, 15) is 21.6 Å². The van der Waals surface area contributed by atoms with Gasteiger partial charge in [-0.2, -0.15) is 0 Å². The first-order valence-corrected chi connectivity index (χ1v) is 8.27. The van der Waals surface area contributed by atoms with Crippen molar-refractivity contribution in [1.29, 1.82) is 0 Å². The zero-order chi connectivity index (χ0) is 16.8. The molecule has 1 aromatic rings. The molecule has 1 N–H and O–H groups in total. The Morgan fingerprint density at radius 2 is 1.82 bits per heavy atom. The molecular formula is C13H19F3N2O3S. The number of hydrogen-bond donors (Lipinski definition) is 1. The quantitative estimate of drug-likeness (QED) is 0.786. The van der Waals surface area contributed by atoms with Crippen LogP contribution in [0.25, 0.3) is 0 Å². The lowest BCUT2D eigenvalue weighted by molar-refractivity contribution is -0.274. The predicted molar refractivity (Wildman–Crippen MR) is 76.9 cm³/mol. The molecule has 22 heavy (non-hydrogen) atoms. The second-order valence-corrected chi connectivity index (χ2v) is 6.55. The van der Waals surface area contributed by atoms with Gasteiger partial charge in [-0.05, 0) is 31.3 Å². The highest BCUT2D eigenvalue weighted by Crippen LogP contribution is 2.23. The van der Waals surface area contributed by atoms with E-state index in [0.717, 1.165) is 18.7 Å². The molecule has 1 aromatic carbocycles. The molecule has 0 spiro atoms. The number of likely N-dealkylation sites (N-methyl/N-ethyl adjacent to an activating group) is 1. The van der Waals surface area contributed by atoms with Crippen molar-refractivity contribution in [1.82, 2.24) is 9.62 Å². The normalized spacial score (nSPS) is 12.6. The lowest BCUT2D eigenvalue weighted by Gasteiger charge is -2.14. The van der Waals surface area contributed by atoms with Crippen LogP contribution in [0.1, 0.15) is 12.5 Å². The van der Waals surface area contributed by atoms with E-state index >= 15 is 0 Å². The Morgan fingerprint density at radius 1 is 1.23 bits per heavy atom. The van der Waals surface area contributed by atoms with E-state index in [1.807, 2.05) is 18.9 Å². The van der Waals surface area contributed by atoms with Gasteiger partial charge in [0.05, 0.1) is 5.75 Å². The smallest absolute Gasteiger partial charge is 0.406 e. The summed E-state index contributed by atoms with van der Waals surface area (Å²) in [4.78, 5) is 1.95. The fourth-order valence-electron chi connectivity index (χ4n) is 1.61. The monoisotopic (exact) mass is 340 g/mol. The Hall–Kier alpha value is -1.32. The molecule has 0 aromatic heterocycles. The summed E-state index contributed by atoms with van der Waals surface area (Å²) in [6.07, 6.45) is -4.76. The molecule has 0 bridgehead atoms. The second kappa shape index (κ2) is 7.80. The van der Waals surface area contributed by atoms with Crippen LogP contribution in [-0.4, -0.2) is 46.4 Å². The first-order chi connectivity index (χ1) is 10.1. The highest BCUT2D eigenvalue weighted by molar-refractivity contribution is 7.88. The van der Waals surface area contributed by atoms with Gasteiger partial charge in [0.25, 0.3) is 0 Å². The van der Waals surface area contributed by atoms with Crippen LogP contribution < -0.4 is 9.46 Å². The lowest BCUT2D eigenvalue weighted by atomic mass is 10.2. The lowest BCUT2D eigenvalue weighted by Crippen LogP contribution is -2.33. The van der Waals surface area contributed by atoms with Crippen LogP contribution in [0.15, 0.2) is 24.3 Å². The molecule has 126 valence electrons. The number of benzene rings is 1. The van der Waals surface area contributed by atoms with Gasteiger partial charge in [-0.25, -0.2) is 13.1 Å². The maximum Gasteiger partial charge on any atom is 0.573 e. The molecule has 0 aliphatic rings. The molecule has 0 aliphatic heterocycles. The van der Waals surface area contributed by atoms with Crippen molar-refractivity contribution in [3.8, 4) is 5.75 Å². The minimum absolute atomic E-state index is 0.280. The third kappa shape index (κ3) is 7.62. The molecule has 0 saturated heterocycles. The van der Waals surface area contributed by atoms with Crippen LogP contribution in [0, 0.1) is 0 Å². The van der Waals surface area contributed by atoms with Gasteiger partial charge in [0.2, 0.25) is 10.0 Å². The number of ether oxygens (including phenoxy) is 1. The van der Waals surface area contributed by atoms with Crippen molar-refractivity contribution in [3.05, 3.63) is 29.8 Å². The van der Waals surface area contributed by atoms with Crippen LogP contribution in [-0.2, 0) is 15.8 Å². The van der Waals surface area contributed by atoms with Gasteiger partial charge in [-0.3, -0.25) is 0 Å². The first-order valence-electron chi connectivity index (χ1n) is 6.62. The van der Waals surface area contributed by atoms with Gasteiger partial charge in [-0.1, -0.05) is 19.1 Å². The molecule has 0 heterocycles. The summed E-state index contributed by atoms with van der Waals surface area (Å²) >= 11 is 0. The molecule has 0 aliphatic carbocycles. The zero-order valence-electron chi connectivity index (χ0n) is 12.4. The van der Waals surface area contributed by atoms with Crippen LogP contribution in [0.3, 0.4) is 0 Å². The fraction of sp³-hybridized carbons (Fsp3) is 0.538. The molecule has 1 rings (SSSR count). The number of hydrogen-bond acceptors (Lipinski definition) is 4. The van der Waals surface area contributed by atoms with Gasteiger partial charge < -0.3 is 9.64 Å². The first kappa shape index (κ1) is 18.7. The molecular weight excluding hydrogens is 321 g/mol. The minimum Gasteiger partial charge on any atom is -0.406 e. The maximum atomic E-state index is 12.0. The Bertz CT molecular complexity index is 559. The third-order valence-corrected chi connectivity index (χ3v) is 4.23. The van der Waals surface area contributed by atoms with E-state index < -0.39 is 16.4 Å². The highest BCUT2D eigenvalue weighted by atomic mass is 32.2. The van der Waals surface area contributed by atoms with Crippen molar-refractivity contribution in [2.45, 2.75) is 19.0 Å². The van der Waals surface area contributed by atoms with E-state index in [2.05, 4.69) is 9.46 Å². The standard InChI is InChI=1S/C13H19F3N2O3S/c1-3-18(2)9-8-17-22(19,20)10-11-4-6-12(7-5-11)21-13(14,15)16/h4-7,17H,3,8-10H2,1-2H3. The van der Waals surface area contributed by atoms with Crippen molar-refractivity contribution < 1.29 is 26.3 Å². The number of nitrogens with zero attached hydrogens (tertiary/aromatic N) is 1. The average molecular weight is 340 g/mol. The number of rotatable bonds is 8. The molecule has 0 amide bonds. The third-order valence-electron chi connectivity index (χ3n) is 2.87. The van der Waals surface area contributed by atoms with Crippen molar-refractivity contribution >= 4 is 10.0 Å². The van der Waals surface area contributed by atoms with E-state index in [0.29, 0.717) is 12.1 Å². The SMILES string of the molecule is CCN(C)CCNS(=O)(=O)Cc1ccc(OC(F)(F)F)cc1. The Balaban J connectivity index is 2.55. The number of nitrogens with one attached hydrogen (secondary N) is 1. The molecule has 0 unspecified atom stereocenters. The van der Waals surface area contributed by atoms with Gasteiger partial charge in [0, 0.05) is 13.1 Å². The van der Waals surface area contributed by atoms with Crippen molar-refractivity contribution in [2.75, 3.05) is 26.7 Å². The predicted octanol–water partition coefficient (Wildman–Crippen LogP) is 1.96. The Labute approximate surface area is 128 Å². The molecule has 0 atom stereocenters. The topological polar surface area (TPSA) is 58.6 Å². The van der Waals surface area contributed by atoms with Gasteiger partial charge in [-0.15, -0.1) is 13.2 Å². The van der Waals surface area contributed by atoms with Gasteiger partial charge in [0.1, 0.15) is 5.75 Å². The highest BCUT2D eigenvalue weighted by Gasteiger charge is 2.31. The van der Waals surface area contributed by atoms with Crippen molar-refractivity contribution in [3.63, 3.8) is 0 Å². The minimum atomic E-state index is -4.76. The number of sulfonamides is 1. The summed E-state index contributed by atoms with van der Waals surface area (Å²) in [5.41, 5.74) is 0.380. The largest absolute Gasteiger partial charge is 0.573 e. The van der Waals surface area contributed by atoms with Crippen LogP contribution in [0.5, 0.6) is 5.75 Å². The summed E-state index contributed by atoms with van der Waals surface area (Å²) in [5, 5.41) is 0. The zero-order valence-corrected chi connectivity index (χ0v) is 13.2. The summed E-state index contributed by atoms with van der Waals surface area (Å²) in [6, 6.07) is 4.75. The van der Waals surface area contributed by atoms with E-state index in [1.54, 1.807) is 0 Å². The fourth-order valence-corrected chi connectivity index (χ4v) is 2.74. The van der Waals surface area contributed by atoms with E-state index in [-0.39, 0.29) is 18.0 Å². The second-order valence-electron chi connectivity index (χ2n) is 4.74. The molecule has 0 saturated carbocycles. The summed E-state index contributed by atoms with van der Waals surface area (Å²) < 4.78 is 65.9. The molecule has 5 nitrogen and oxygen atoms in total. The van der Waals surface area contributed by atoms with Crippen molar-refractivity contribution in [2.24, 2.45) is 0 Å². The van der Waals surface area contributed by atoms with Gasteiger partial charge >= 0.3 is 6.36 Å². The summed E-state index contributed by atoms with van der Waals surface area (Å²) in [7, 11) is -1.66. The van der Waals surface area contributed by atoms with Crippen LogP contribution >= 0.6 is 0 Å². The number of halogens is 3. The van der Waals surface area contributed by atoms with Crippen LogP contribution in [0.4, 0.5) is 13.2 Å². The Kier molecular flexibility index (Phi) is 6.64. The van der Waals surface area contributed by atoms with E-state index in [1.165, 1.54) is 12.1 Å².